The average Bonchev–Trinajstić information content (AvgIpc) is 2.69. The fraction of sp³-hybridized carbons (Fsp3) is 0.500. The first-order valence-corrected chi connectivity index (χ1v) is 9.71. The smallest absolute Gasteiger partial charge is 0.324 e. The van der Waals surface area contributed by atoms with Crippen LogP contribution in [0.5, 0.6) is 0 Å². The lowest BCUT2D eigenvalue weighted by atomic mass is 9.94. The highest BCUT2D eigenvalue weighted by molar-refractivity contribution is 5.44. The van der Waals surface area contributed by atoms with Gasteiger partial charge in [-0.25, -0.2) is 4.79 Å². The SMILES string of the molecule is O=c1[nH]c(=O)n(CCc2ccccc2)c2c1C[NH+](C1CCCCC1)CN2. The Kier molecular flexibility index (Phi) is 4.93. The molecular formula is C20H27N4O2+. The normalized spacial score (nSPS) is 20.4. The van der Waals surface area contributed by atoms with Crippen LogP contribution in [-0.2, 0) is 19.5 Å². The van der Waals surface area contributed by atoms with Gasteiger partial charge in [-0.2, -0.15) is 0 Å². The van der Waals surface area contributed by atoms with Crippen LogP contribution in [0.1, 0.15) is 43.2 Å². The fourth-order valence-electron chi connectivity index (χ4n) is 4.36. The van der Waals surface area contributed by atoms with E-state index >= 15 is 0 Å². The molecule has 1 aromatic heterocycles. The van der Waals surface area contributed by atoms with E-state index in [9.17, 15) is 9.59 Å². The Balaban J connectivity index is 1.57. The van der Waals surface area contributed by atoms with Crippen molar-refractivity contribution in [1.82, 2.24) is 9.55 Å². The van der Waals surface area contributed by atoms with Gasteiger partial charge >= 0.3 is 5.69 Å². The molecule has 2 aromatic rings. The van der Waals surface area contributed by atoms with Crippen LogP contribution in [0, 0.1) is 0 Å². The second-order valence-corrected chi connectivity index (χ2v) is 7.50. The molecule has 1 aliphatic heterocycles. The monoisotopic (exact) mass is 355 g/mol. The largest absolute Gasteiger partial charge is 0.329 e. The number of benzene rings is 1. The number of anilines is 1. The molecule has 1 unspecified atom stereocenters. The summed E-state index contributed by atoms with van der Waals surface area (Å²) in [6, 6.07) is 10.7. The van der Waals surface area contributed by atoms with Gasteiger partial charge in [-0.3, -0.25) is 14.3 Å². The summed E-state index contributed by atoms with van der Waals surface area (Å²) in [6.45, 7) is 2.05. The molecule has 1 atom stereocenters. The number of hydrogen-bond acceptors (Lipinski definition) is 3. The zero-order valence-electron chi connectivity index (χ0n) is 15.1. The van der Waals surface area contributed by atoms with E-state index in [1.165, 1.54) is 42.6 Å². The van der Waals surface area contributed by atoms with E-state index in [2.05, 4.69) is 22.4 Å². The molecule has 6 nitrogen and oxygen atoms in total. The number of aromatic nitrogens is 2. The van der Waals surface area contributed by atoms with Crippen LogP contribution in [0.3, 0.4) is 0 Å². The Bertz CT molecular complexity index is 866. The van der Waals surface area contributed by atoms with Crippen molar-refractivity contribution in [2.24, 2.45) is 0 Å². The van der Waals surface area contributed by atoms with Crippen LogP contribution in [0.2, 0.25) is 0 Å². The first kappa shape index (κ1) is 17.1. The first-order chi connectivity index (χ1) is 12.7. The molecular weight excluding hydrogens is 328 g/mol. The number of aromatic amines is 1. The third-order valence-electron chi connectivity index (χ3n) is 5.83. The number of aryl methyl sites for hydroxylation is 1. The fourth-order valence-corrected chi connectivity index (χ4v) is 4.36. The minimum absolute atomic E-state index is 0.235. The molecule has 6 heteroatoms. The predicted molar refractivity (Wildman–Crippen MR) is 101 cm³/mol. The highest BCUT2D eigenvalue weighted by atomic mass is 16.2. The van der Waals surface area contributed by atoms with Crippen LogP contribution >= 0.6 is 0 Å². The topological polar surface area (TPSA) is 71.3 Å². The summed E-state index contributed by atoms with van der Waals surface area (Å²) in [7, 11) is 0. The molecule has 0 saturated heterocycles. The van der Waals surface area contributed by atoms with Crippen LogP contribution in [0.25, 0.3) is 0 Å². The number of fused-ring (bicyclic) bond motifs is 1. The summed E-state index contributed by atoms with van der Waals surface area (Å²) in [6.07, 6.45) is 7.13. The van der Waals surface area contributed by atoms with Crippen LogP contribution in [-0.4, -0.2) is 22.3 Å². The molecule has 0 bridgehead atoms. The lowest BCUT2D eigenvalue weighted by Gasteiger charge is -2.35. The predicted octanol–water partition coefficient (Wildman–Crippen LogP) is 0.880. The molecule has 3 N–H and O–H groups in total. The van der Waals surface area contributed by atoms with Gasteiger partial charge in [-0.1, -0.05) is 36.8 Å². The highest BCUT2D eigenvalue weighted by Gasteiger charge is 2.31. The Morgan fingerprint density at radius 3 is 2.62 bits per heavy atom. The third kappa shape index (κ3) is 3.46. The molecule has 0 radical (unpaired) electrons. The molecule has 2 heterocycles. The zero-order chi connectivity index (χ0) is 17.9. The van der Waals surface area contributed by atoms with Crippen molar-refractivity contribution in [3.05, 3.63) is 62.3 Å². The van der Waals surface area contributed by atoms with Gasteiger partial charge in [0, 0.05) is 6.54 Å². The number of rotatable bonds is 4. The van der Waals surface area contributed by atoms with Crippen LogP contribution in [0.4, 0.5) is 5.82 Å². The Morgan fingerprint density at radius 2 is 1.85 bits per heavy atom. The summed E-state index contributed by atoms with van der Waals surface area (Å²) < 4.78 is 1.70. The molecule has 1 saturated carbocycles. The van der Waals surface area contributed by atoms with Gasteiger partial charge in [0.05, 0.1) is 6.04 Å². The Morgan fingerprint density at radius 1 is 1.08 bits per heavy atom. The zero-order valence-corrected chi connectivity index (χ0v) is 15.1. The molecule has 0 amide bonds. The molecule has 1 fully saturated rings. The van der Waals surface area contributed by atoms with E-state index in [1.807, 2.05) is 18.2 Å². The van der Waals surface area contributed by atoms with Gasteiger partial charge in [-0.15, -0.1) is 0 Å². The molecule has 2 aliphatic rings. The van der Waals surface area contributed by atoms with E-state index < -0.39 is 0 Å². The van der Waals surface area contributed by atoms with Gasteiger partial charge in [0.1, 0.15) is 17.9 Å². The van der Waals surface area contributed by atoms with Crippen molar-refractivity contribution in [2.75, 3.05) is 12.0 Å². The summed E-state index contributed by atoms with van der Waals surface area (Å²) in [5, 5.41) is 3.40. The number of nitrogens with zero attached hydrogens (tertiary/aromatic N) is 1. The molecule has 1 aromatic carbocycles. The lowest BCUT2D eigenvalue weighted by Crippen LogP contribution is -3.16. The minimum Gasteiger partial charge on any atom is -0.324 e. The Hall–Kier alpha value is -2.34. The molecule has 1 aliphatic carbocycles. The van der Waals surface area contributed by atoms with E-state index in [-0.39, 0.29) is 11.2 Å². The second kappa shape index (κ2) is 7.50. The molecule has 138 valence electrons. The lowest BCUT2D eigenvalue weighted by molar-refractivity contribution is -0.938. The third-order valence-corrected chi connectivity index (χ3v) is 5.83. The summed E-state index contributed by atoms with van der Waals surface area (Å²) >= 11 is 0. The molecule has 4 rings (SSSR count). The summed E-state index contributed by atoms with van der Waals surface area (Å²) in [4.78, 5) is 28.7. The standard InChI is InChI=1S/C20H26N4O2/c25-19-17-13-23(16-9-5-2-6-10-16)14-21-18(17)24(20(26)22-19)12-11-15-7-3-1-4-8-15/h1,3-4,7-8,16,21H,2,5-6,9-14H2,(H,22,25,26)/p+1. The van der Waals surface area contributed by atoms with Crippen molar-refractivity contribution < 1.29 is 4.90 Å². The number of quaternary nitrogens is 1. The van der Waals surface area contributed by atoms with E-state index in [0.29, 0.717) is 24.9 Å². The molecule has 0 spiro atoms. The number of hydrogen-bond donors (Lipinski definition) is 3. The van der Waals surface area contributed by atoms with Gasteiger partial charge < -0.3 is 10.2 Å². The maximum atomic E-state index is 12.4. The van der Waals surface area contributed by atoms with E-state index in [4.69, 9.17) is 0 Å². The van der Waals surface area contributed by atoms with Crippen LogP contribution in [0.15, 0.2) is 39.9 Å². The number of H-pyrrole nitrogens is 1. The maximum Gasteiger partial charge on any atom is 0.329 e. The molecule has 26 heavy (non-hydrogen) atoms. The highest BCUT2D eigenvalue weighted by Crippen LogP contribution is 2.18. The van der Waals surface area contributed by atoms with Crippen molar-refractivity contribution in [3.8, 4) is 0 Å². The minimum atomic E-state index is -0.321. The van der Waals surface area contributed by atoms with E-state index in [0.717, 1.165) is 18.7 Å². The van der Waals surface area contributed by atoms with Crippen molar-refractivity contribution in [3.63, 3.8) is 0 Å². The van der Waals surface area contributed by atoms with E-state index in [1.54, 1.807) is 4.57 Å². The quantitative estimate of drug-likeness (QED) is 0.762. The number of nitrogens with one attached hydrogen (secondary N) is 3. The van der Waals surface area contributed by atoms with Crippen molar-refractivity contribution in [2.45, 2.75) is 57.7 Å². The second-order valence-electron chi connectivity index (χ2n) is 7.50. The van der Waals surface area contributed by atoms with Crippen molar-refractivity contribution >= 4 is 5.82 Å². The van der Waals surface area contributed by atoms with Crippen LogP contribution < -0.4 is 21.5 Å². The maximum absolute atomic E-state index is 12.4. The Labute approximate surface area is 152 Å². The van der Waals surface area contributed by atoms with Crippen molar-refractivity contribution in [1.29, 1.82) is 0 Å². The van der Waals surface area contributed by atoms with Gasteiger partial charge in [-0.05, 0) is 37.7 Å². The summed E-state index contributed by atoms with van der Waals surface area (Å²) in [5.41, 5.74) is 1.36. The van der Waals surface area contributed by atoms with Gasteiger partial charge in [0.15, 0.2) is 6.67 Å². The van der Waals surface area contributed by atoms with Gasteiger partial charge in [0.25, 0.3) is 5.56 Å². The first-order valence-electron chi connectivity index (χ1n) is 9.71. The summed E-state index contributed by atoms with van der Waals surface area (Å²) in [5.74, 6) is 0.717. The van der Waals surface area contributed by atoms with Gasteiger partial charge in [0.2, 0.25) is 0 Å². The average molecular weight is 355 g/mol.